The monoisotopic (exact) mass is 666 g/mol. The zero-order valence-corrected chi connectivity index (χ0v) is 24.9. The summed E-state index contributed by atoms with van der Waals surface area (Å²) in [5.74, 6) is -1.47. The van der Waals surface area contributed by atoms with Crippen LogP contribution in [0.5, 0.6) is 5.75 Å². The molecule has 10 atom stereocenters. The summed E-state index contributed by atoms with van der Waals surface area (Å²) >= 11 is 0. The van der Waals surface area contributed by atoms with E-state index < -0.39 is 107 Å². The van der Waals surface area contributed by atoms with Gasteiger partial charge in [0.15, 0.2) is 6.29 Å². The van der Waals surface area contributed by atoms with E-state index >= 15 is 0 Å². The number of aliphatic hydroxyl groups is 5. The minimum atomic E-state index is -2.75. The van der Waals surface area contributed by atoms with Gasteiger partial charge in [-0.25, -0.2) is 0 Å². The number of carbonyl (C=O) groups is 2. The van der Waals surface area contributed by atoms with Crippen LogP contribution >= 0.6 is 0 Å². The molecule has 2 amide bonds. The molecule has 47 heavy (non-hydrogen) atoms. The fraction of sp³-hybridized carbons (Fsp3) is 0.500. The molecule has 4 rings (SSSR count). The van der Waals surface area contributed by atoms with Crippen molar-refractivity contribution < 1.29 is 63.9 Å². The van der Waals surface area contributed by atoms with Crippen molar-refractivity contribution in [1.29, 1.82) is 0 Å². The summed E-state index contributed by atoms with van der Waals surface area (Å²) in [4.78, 5) is 46.3. The average molecular weight is 667 g/mol. The molecule has 0 spiro atoms. The van der Waals surface area contributed by atoms with Crippen LogP contribution in [-0.2, 0) is 29.4 Å². The van der Waals surface area contributed by atoms with Crippen molar-refractivity contribution in [2.75, 3.05) is 13.2 Å². The maximum Gasteiger partial charge on any atom is 0.275 e. The molecule has 0 bridgehead atoms. The molecule has 19 heteroatoms. The molecule has 2 fully saturated rings. The number of rotatable bonds is 11. The van der Waals surface area contributed by atoms with Crippen LogP contribution in [-0.4, -0.2) is 116 Å². The fourth-order valence-corrected chi connectivity index (χ4v) is 5.60. The normalized spacial score (nSPS) is 32.2. The predicted octanol–water partition coefficient (Wildman–Crippen LogP) is -1.68. The molecule has 2 aromatic carbocycles. The van der Waals surface area contributed by atoms with Gasteiger partial charge < -0.3 is 55.1 Å². The first-order chi connectivity index (χ1) is 22.2. The van der Waals surface area contributed by atoms with Crippen LogP contribution in [0.3, 0.4) is 0 Å². The first kappa shape index (κ1) is 35.5. The van der Waals surface area contributed by atoms with Crippen molar-refractivity contribution >= 4 is 23.2 Å². The van der Waals surface area contributed by atoms with Crippen LogP contribution < -0.4 is 15.4 Å². The van der Waals surface area contributed by atoms with Crippen molar-refractivity contribution in [1.82, 2.24) is 10.6 Å². The number of hydrogen-bond donors (Lipinski definition) is 7. The molecule has 2 aliphatic rings. The Morgan fingerprint density at radius 1 is 0.894 bits per heavy atom. The molecule has 2 aromatic rings. The van der Waals surface area contributed by atoms with Crippen LogP contribution in [0.25, 0.3) is 0 Å². The Labute approximate surface area is 265 Å². The number of amides is 2. The average Bonchev–Trinajstić information content (AvgIpc) is 3.03. The first-order valence-corrected chi connectivity index (χ1v) is 14.2. The zero-order valence-electron chi connectivity index (χ0n) is 24.9. The third-order valence-corrected chi connectivity index (χ3v) is 7.74. The van der Waals surface area contributed by atoms with E-state index in [0.29, 0.717) is 0 Å². The first-order valence-electron chi connectivity index (χ1n) is 14.2. The molecular formula is C28H34N4O15. The number of aliphatic hydroxyl groups excluding tert-OH is 4. The van der Waals surface area contributed by atoms with Crippen molar-refractivity contribution in [2.24, 2.45) is 0 Å². The minimum absolute atomic E-state index is 0.0158. The molecular weight excluding hydrogens is 632 g/mol. The van der Waals surface area contributed by atoms with Gasteiger partial charge in [0.2, 0.25) is 18.1 Å². The van der Waals surface area contributed by atoms with Gasteiger partial charge in [-0.15, -0.1) is 0 Å². The summed E-state index contributed by atoms with van der Waals surface area (Å²) in [7, 11) is 0. The van der Waals surface area contributed by atoms with Gasteiger partial charge in [0.1, 0.15) is 54.0 Å². The lowest BCUT2D eigenvalue weighted by Gasteiger charge is -2.52. The molecule has 0 unspecified atom stereocenters. The van der Waals surface area contributed by atoms with E-state index in [4.69, 9.17) is 18.9 Å². The van der Waals surface area contributed by atoms with E-state index in [1.54, 1.807) is 0 Å². The molecule has 7 N–H and O–H groups in total. The van der Waals surface area contributed by atoms with Gasteiger partial charge in [0.05, 0.1) is 28.6 Å². The minimum Gasteiger partial charge on any atom is -0.463 e. The third kappa shape index (κ3) is 7.31. The van der Waals surface area contributed by atoms with E-state index in [9.17, 15) is 55.4 Å². The Kier molecular flexibility index (Phi) is 11.0. The molecule has 256 valence electrons. The highest BCUT2D eigenvalue weighted by Gasteiger charge is 2.61. The summed E-state index contributed by atoms with van der Waals surface area (Å²) in [5.41, 5.74) is -4.13. The Balaban J connectivity index is 1.79. The number of nitro benzene ring substituents is 2. The number of ether oxygens (including phenoxy) is 4. The lowest BCUT2D eigenvalue weighted by atomic mass is 9.76. The van der Waals surface area contributed by atoms with Crippen molar-refractivity contribution in [2.45, 2.75) is 74.6 Å². The fourth-order valence-electron chi connectivity index (χ4n) is 5.60. The number of benzene rings is 2. The number of non-ortho nitro benzene ring substituents is 1. The summed E-state index contributed by atoms with van der Waals surface area (Å²) in [6.07, 6.45) is -12.1. The number of nitro groups is 2. The van der Waals surface area contributed by atoms with Crippen molar-refractivity contribution in [3.8, 4) is 5.75 Å². The van der Waals surface area contributed by atoms with Gasteiger partial charge in [-0.1, -0.05) is 12.1 Å². The lowest BCUT2D eigenvalue weighted by molar-refractivity contribution is -0.389. The van der Waals surface area contributed by atoms with Gasteiger partial charge >= 0.3 is 0 Å². The topological polar surface area (TPSA) is 283 Å². The lowest BCUT2D eigenvalue weighted by Crippen LogP contribution is -2.73. The molecule has 0 aliphatic carbocycles. The van der Waals surface area contributed by atoms with Crippen LogP contribution in [0, 0.1) is 20.2 Å². The number of nitrogens with one attached hydrogen (secondary N) is 2. The molecule has 2 saturated heterocycles. The van der Waals surface area contributed by atoms with E-state index in [1.807, 2.05) is 0 Å². The maximum atomic E-state index is 12.4. The molecule has 2 aliphatic heterocycles. The Bertz CT molecular complexity index is 1460. The van der Waals surface area contributed by atoms with E-state index in [2.05, 4.69) is 10.6 Å². The highest BCUT2D eigenvalue weighted by Crippen LogP contribution is 2.43. The van der Waals surface area contributed by atoms with Gasteiger partial charge in [0, 0.05) is 32.0 Å². The number of nitrogens with zero attached hydrogens (tertiary/aromatic N) is 2. The zero-order chi connectivity index (χ0) is 34.6. The Morgan fingerprint density at radius 2 is 1.49 bits per heavy atom. The summed E-state index contributed by atoms with van der Waals surface area (Å²) in [6, 6.07) is 6.25. The van der Waals surface area contributed by atoms with Crippen LogP contribution in [0.2, 0.25) is 0 Å². The highest BCUT2D eigenvalue weighted by atomic mass is 16.7. The van der Waals surface area contributed by atoms with Gasteiger partial charge in [0.25, 0.3) is 11.4 Å². The van der Waals surface area contributed by atoms with Crippen LogP contribution in [0.1, 0.15) is 19.4 Å². The van der Waals surface area contributed by atoms with Gasteiger partial charge in [-0.05, 0) is 18.2 Å². The standard InChI is InChI=1S/C28H34N4O15/c1-13(35)29-21-23(22(37)19(11-33)45-26(21)44-16-9-7-15(8-10-16)31(40)41)47-27-24(30-14(2)36)28(39,25(38)20(12-34)46-27)17-5-3-4-6-18(17)32(42)43/h3-10,19-27,33-34,37-39H,11-12H2,1-2H3,(H,29,35)(H,30,36)/t19-,20-,21-,22-,23-,24+,25-,26+,27-,28-/m1/s1. The number of para-hydroxylation sites is 1. The van der Waals surface area contributed by atoms with Crippen LogP contribution in [0.4, 0.5) is 11.4 Å². The molecule has 0 aromatic heterocycles. The quantitative estimate of drug-likeness (QED) is 0.104. The SMILES string of the molecule is CC(=O)N[C@H]1[C@@H](Oc2ccc([N+](=O)[O-])cc2)O[C@H](CO)[C@@H](O)[C@@H]1O[C@H]1O[C@H](CO)[C@@H](O)[C@@](O)(c2ccccc2[N+](=O)[O-])[C@H]1NC(C)=O. The second-order valence-corrected chi connectivity index (χ2v) is 10.9. The summed E-state index contributed by atoms with van der Waals surface area (Å²) < 4.78 is 23.4. The Morgan fingerprint density at radius 3 is 2.04 bits per heavy atom. The second kappa shape index (κ2) is 14.6. The molecule has 0 radical (unpaired) electrons. The second-order valence-electron chi connectivity index (χ2n) is 10.9. The van der Waals surface area contributed by atoms with Crippen molar-refractivity contribution in [3.63, 3.8) is 0 Å². The summed E-state index contributed by atoms with van der Waals surface area (Å²) in [5, 5.41) is 82.6. The summed E-state index contributed by atoms with van der Waals surface area (Å²) in [6.45, 7) is 0.397. The smallest absolute Gasteiger partial charge is 0.275 e. The maximum absolute atomic E-state index is 12.4. The predicted molar refractivity (Wildman–Crippen MR) is 154 cm³/mol. The number of carbonyl (C=O) groups excluding carboxylic acids is 2. The Hall–Kier alpha value is -4.34. The molecule has 19 nitrogen and oxygen atoms in total. The van der Waals surface area contributed by atoms with E-state index in [-0.39, 0.29) is 11.4 Å². The highest BCUT2D eigenvalue weighted by molar-refractivity contribution is 5.74. The van der Waals surface area contributed by atoms with Crippen LogP contribution in [0.15, 0.2) is 48.5 Å². The van der Waals surface area contributed by atoms with E-state index in [1.165, 1.54) is 24.3 Å². The van der Waals surface area contributed by atoms with E-state index in [0.717, 1.165) is 38.1 Å². The molecule has 2 heterocycles. The number of hydrogen-bond acceptors (Lipinski definition) is 15. The third-order valence-electron chi connectivity index (χ3n) is 7.74. The van der Waals surface area contributed by atoms with Gasteiger partial charge in [-0.2, -0.15) is 0 Å². The largest absolute Gasteiger partial charge is 0.463 e. The van der Waals surface area contributed by atoms with Crippen molar-refractivity contribution in [3.05, 3.63) is 74.3 Å². The van der Waals surface area contributed by atoms with Gasteiger partial charge in [-0.3, -0.25) is 29.8 Å². The molecule has 0 saturated carbocycles.